The van der Waals surface area contributed by atoms with Gasteiger partial charge in [0.2, 0.25) is 12.3 Å². The van der Waals surface area contributed by atoms with E-state index in [-0.39, 0.29) is 29.1 Å². The van der Waals surface area contributed by atoms with Crippen molar-refractivity contribution in [2.45, 2.75) is 26.1 Å². The molecule has 1 aromatic carbocycles. The number of hydrogen-bond donors (Lipinski definition) is 0. The van der Waals surface area contributed by atoms with Gasteiger partial charge in [0.05, 0.1) is 11.7 Å². The molecular formula is C16H14F3N5O2. The lowest BCUT2D eigenvalue weighted by Crippen LogP contribution is -2.09. The number of ether oxygens (including phenoxy) is 1. The lowest BCUT2D eigenvalue weighted by atomic mass is 10.1. The number of benzene rings is 1. The van der Waals surface area contributed by atoms with E-state index >= 15 is 0 Å². The third-order valence-electron chi connectivity index (χ3n) is 3.12. The highest BCUT2D eigenvalue weighted by Crippen LogP contribution is 2.35. The molecule has 0 spiro atoms. The molecule has 3 aromatic rings. The van der Waals surface area contributed by atoms with Crippen LogP contribution < -0.4 is 4.74 Å². The summed E-state index contributed by atoms with van der Waals surface area (Å²) in [5.41, 5.74) is -0.635. The first-order chi connectivity index (χ1) is 12.3. The van der Waals surface area contributed by atoms with Crippen molar-refractivity contribution in [2.75, 3.05) is 0 Å². The van der Waals surface area contributed by atoms with E-state index < -0.39 is 11.7 Å². The van der Waals surface area contributed by atoms with E-state index in [1.54, 1.807) is 13.8 Å². The average Bonchev–Trinajstić information content (AvgIpc) is 3.23. The second kappa shape index (κ2) is 6.98. The van der Waals surface area contributed by atoms with Gasteiger partial charge in [0.15, 0.2) is 5.82 Å². The average molecular weight is 365 g/mol. The van der Waals surface area contributed by atoms with Crippen LogP contribution in [0.4, 0.5) is 13.2 Å². The van der Waals surface area contributed by atoms with Crippen LogP contribution in [0.3, 0.4) is 0 Å². The second-order valence-corrected chi connectivity index (χ2v) is 5.55. The van der Waals surface area contributed by atoms with Gasteiger partial charge in [0, 0.05) is 17.8 Å². The molecule has 7 nitrogen and oxygen atoms in total. The van der Waals surface area contributed by atoms with Crippen molar-refractivity contribution in [1.82, 2.24) is 25.0 Å². The van der Waals surface area contributed by atoms with E-state index in [2.05, 4.69) is 20.3 Å². The normalized spacial score (nSPS) is 12.2. The molecule has 136 valence electrons. The summed E-state index contributed by atoms with van der Waals surface area (Å²) < 4.78 is 51.1. The fourth-order valence-corrected chi connectivity index (χ4v) is 2.11. The number of aromatic nitrogens is 5. The SMILES string of the molecule is CC(C)Oc1cc(-c2ncn(/C=C\c3nnco3)n2)cc(C(F)(F)F)c1. The maximum atomic E-state index is 13.1. The van der Waals surface area contributed by atoms with E-state index in [4.69, 9.17) is 9.15 Å². The molecule has 2 heterocycles. The Hall–Kier alpha value is -3.17. The Morgan fingerprint density at radius 1 is 1.23 bits per heavy atom. The largest absolute Gasteiger partial charge is 0.491 e. The van der Waals surface area contributed by atoms with Gasteiger partial charge in [-0.25, -0.2) is 9.67 Å². The summed E-state index contributed by atoms with van der Waals surface area (Å²) in [6.07, 6.45) is 0.727. The molecule has 10 heteroatoms. The molecule has 0 unspecified atom stereocenters. The minimum Gasteiger partial charge on any atom is -0.491 e. The summed E-state index contributed by atoms with van der Waals surface area (Å²) in [5, 5.41) is 11.3. The molecule has 0 aliphatic rings. The molecule has 0 bridgehead atoms. The molecular weight excluding hydrogens is 351 g/mol. The van der Waals surface area contributed by atoms with Crippen molar-refractivity contribution >= 4 is 12.3 Å². The molecule has 3 rings (SSSR count). The van der Waals surface area contributed by atoms with Gasteiger partial charge in [-0.2, -0.15) is 13.2 Å². The fourth-order valence-electron chi connectivity index (χ4n) is 2.11. The molecule has 0 aliphatic carbocycles. The van der Waals surface area contributed by atoms with Crippen LogP contribution in [0.5, 0.6) is 5.75 Å². The number of halogens is 3. The maximum absolute atomic E-state index is 13.1. The highest BCUT2D eigenvalue weighted by atomic mass is 19.4. The Bertz CT molecular complexity index is 901. The van der Waals surface area contributed by atoms with Crippen LogP contribution in [0.1, 0.15) is 25.3 Å². The van der Waals surface area contributed by atoms with E-state index in [0.717, 1.165) is 12.1 Å². The van der Waals surface area contributed by atoms with Gasteiger partial charge in [0.25, 0.3) is 0 Å². The topological polar surface area (TPSA) is 78.9 Å². The number of alkyl halides is 3. The van der Waals surface area contributed by atoms with Gasteiger partial charge >= 0.3 is 6.18 Å². The van der Waals surface area contributed by atoms with Crippen molar-refractivity contribution in [1.29, 1.82) is 0 Å². The first-order valence-electron chi connectivity index (χ1n) is 7.56. The Kier molecular flexibility index (Phi) is 4.74. The first kappa shape index (κ1) is 17.6. The number of nitrogens with zero attached hydrogens (tertiary/aromatic N) is 5. The molecule has 2 aromatic heterocycles. The van der Waals surface area contributed by atoms with E-state index in [1.807, 2.05) is 0 Å². The Balaban J connectivity index is 1.92. The summed E-state index contributed by atoms with van der Waals surface area (Å²) in [5.74, 6) is 0.483. The zero-order valence-electron chi connectivity index (χ0n) is 13.8. The molecule has 0 saturated heterocycles. The highest BCUT2D eigenvalue weighted by molar-refractivity contribution is 5.60. The Labute approximate surface area is 146 Å². The van der Waals surface area contributed by atoms with Crippen molar-refractivity contribution in [2.24, 2.45) is 0 Å². The van der Waals surface area contributed by atoms with Gasteiger partial charge < -0.3 is 9.15 Å². The monoisotopic (exact) mass is 365 g/mol. The van der Waals surface area contributed by atoms with Gasteiger partial charge in [-0.3, -0.25) is 0 Å². The lowest BCUT2D eigenvalue weighted by Gasteiger charge is -2.14. The molecule has 0 aliphatic heterocycles. The molecule has 0 amide bonds. The van der Waals surface area contributed by atoms with Crippen molar-refractivity contribution in [3.8, 4) is 17.1 Å². The third kappa shape index (κ3) is 4.26. The van der Waals surface area contributed by atoms with Crippen LogP contribution in [-0.2, 0) is 6.18 Å². The predicted octanol–water partition coefficient (Wildman–Crippen LogP) is 3.76. The van der Waals surface area contributed by atoms with E-state index in [9.17, 15) is 13.2 Å². The van der Waals surface area contributed by atoms with E-state index in [1.165, 1.54) is 35.7 Å². The van der Waals surface area contributed by atoms with Crippen LogP contribution in [-0.4, -0.2) is 31.1 Å². The molecule has 0 N–H and O–H groups in total. The van der Waals surface area contributed by atoms with Crippen LogP contribution in [0, 0.1) is 0 Å². The Morgan fingerprint density at radius 3 is 2.69 bits per heavy atom. The number of rotatable bonds is 5. The fraction of sp³-hybridized carbons (Fsp3) is 0.250. The van der Waals surface area contributed by atoms with Crippen molar-refractivity contribution < 1.29 is 22.3 Å². The quantitative estimate of drug-likeness (QED) is 0.685. The summed E-state index contributed by atoms with van der Waals surface area (Å²) in [6, 6.07) is 3.40. The zero-order valence-corrected chi connectivity index (χ0v) is 13.8. The Morgan fingerprint density at radius 2 is 2.04 bits per heavy atom. The molecule has 0 radical (unpaired) electrons. The molecule has 0 saturated carbocycles. The summed E-state index contributed by atoms with van der Waals surface area (Å²) in [4.78, 5) is 4.04. The van der Waals surface area contributed by atoms with Crippen molar-refractivity contribution in [3.63, 3.8) is 0 Å². The summed E-state index contributed by atoms with van der Waals surface area (Å²) in [6.45, 7) is 3.46. The summed E-state index contributed by atoms with van der Waals surface area (Å²) >= 11 is 0. The van der Waals surface area contributed by atoms with Gasteiger partial charge in [-0.05, 0) is 32.0 Å². The zero-order chi connectivity index (χ0) is 18.7. The lowest BCUT2D eigenvalue weighted by molar-refractivity contribution is -0.137. The van der Waals surface area contributed by atoms with Crippen molar-refractivity contribution in [3.05, 3.63) is 42.4 Å². The molecule has 26 heavy (non-hydrogen) atoms. The summed E-state index contributed by atoms with van der Waals surface area (Å²) in [7, 11) is 0. The molecule has 0 fully saturated rings. The van der Waals surface area contributed by atoms with Crippen LogP contribution in [0.2, 0.25) is 0 Å². The van der Waals surface area contributed by atoms with Crippen LogP contribution in [0.25, 0.3) is 23.7 Å². The van der Waals surface area contributed by atoms with Gasteiger partial charge in [-0.1, -0.05) is 0 Å². The highest BCUT2D eigenvalue weighted by Gasteiger charge is 2.32. The van der Waals surface area contributed by atoms with E-state index in [0.29, 0.717) is 0 Å². The maximum Gasteiger partial charge on any atom is 0.416 e. The minimum atomic E-state index is -4.51. The van der Waals surface area contributed by atoms with Crippen LogP contribution >= 0.6 is 0 Å². The van der Waals surface area contributed by atoms with Gasteiger partial charge in [0.1, 0.15) is 12.1 Å². The first-order valence-corrected chi connectivity index (χ1v) is 7.56. The predicted molar refractivity (Wildman–Crippen MR) is 85.7 cm³/mol. The van der Waals surface area contributed by atoms with Gasteiger partial charge in [-0.15, -0.1) is 15.3 Å². The standard InChI is InChI=1S/C16H14F3N5O2/c1-10(2)26-13-6-11(5-12(7-13)16(17,18)19)15-20-8-24(23-15)4-3-14-22-21-9-25-14/h3-10H,1-2H3/b4-3-. The number of hydrogen-bond acceptors (Lipinski definition) is 6. The second-order valence-electron chi connectivity index (χ2n) is 5.55. The van der Waals surface area contributed by atoms with Crippen LogP contribution in [0.15, 0.2) is 35.3 Å². The molecule has 0 atom stereocenters. The smallest absolute Gasteiger partial charge is 0.416 e. The minimum absolute atomic E-state index is 0.0996. The third-order valence-corrected chi connectivity index (χ3v) is 3.12.